The first-order chi connectivity index (χ1) is 11.7. The second-order valence-electron chi connectivity index (χ2n) is 6.91. The van der Waals surface area contributed by atoms with Crippen LogP contribution in [0.4, 0.5) is 0 Å². The van der Waals surface area contributed by atoms with Crippen LogP contribution in [0, 0.1) is 5.92 Å². The molecule has 3 heterocycles. The number of thioether (sulfide) groups is 1. The Morgan fingerprint density at radius 2 is 2.29 bits per heavy atom. The Kier molecular flexibility index (Phi) is 4.71. The van der Waals surface area contributed by atoms with Gasteiger partial charge in [-0.1, -0.05) is 25.6 Å². The van der Waals surface area contributed by atoms with Gasteiger partial charge in [0.15, 0.2) is 5.16 Å². The average molecular weight is 365 g/mol. The predicted octanol–water partition coefficient (Wildman–Crippen LogP) is 3.87. The van der Waals surface area contributed by atoms with Gasteiger partial charge in [-0.25, -0.2) is 4.98 Å². The van der Waals surface area contributed by atoms with E-state index in [4.69, 9.17) is 9.72 Å². The van der Waals surface area contributed by atoms with Crippen LogP contribution in [-0.2, 0) is 24.1 Å². The highest BCUT2D eigenvalue weighted by molar-refractivity contribution is 7.99. The van der Waals surface area contributed by atoms with Gasteiger partial charge >= 0.3 is 0 Å². The molecule has 0 saturated carbocycles. The largest absolute Gasteiger partial charge is 0.376 e. The second kappa shape index (κ2) is 6.81. The van der Waals surface area contributed by atoms with Crippen LogP contribution in [-0.4, -0.2) is 28.0 Å². The topological polar surface area (TPSA) is 44.1 Å². The molecule has 0 N–H and O–H groups in total. The lowest BCUT2D eigenvalue weighted by atomic mass is 9.89. The maximum Gasteiger partial charge on any atom is 0.263 e. The van der Waals surface area contributed by atoms with Gasteiger partial charge in [0.05, 0.1) is 18.0 Å². The summed E-state index contributed by atoms with van der Waals surface area (Å²) in [5.74, 6) is 1.63. The molecule has 6 heteroatoms. The lowest BCUT2D eigenvalue weighted by Gasteiger charge is -2.18. The highest BCUT2D eigenvalue weighted by Crippen LogP contribution is 2.36. The van der Waals surface area contributed by atoms with E-state index in [2.05, 4.69) is 13.8 Å². The van der Waals surface area contributed by atoms with Crippen molar-refractivity contribution in [2.45, 2.75) is 63.8 Å². The molecule has 1 fully saturated rings. The second-order valence-corrected chi connectivity index (χ2v) is 9.22. The number of rotatable bonds is 4. The maximum atomic E-state index is 13.3. The standard InChI is InChI=1S/C18H24N2O2S2/c1-3-23-18-19-16-15(13-7-6-11(2)9-14(13)24-16)17(21)20(18)10-12-5-4-8-22-12/h11-12H,3-10H2,1-2H3/t11-,12-/m0/s1. The van der Waals surface area contributed by atoms with Crippen molar-refractivity contribution < 1.29 is 4.74 Å². The fourth-order valence-electron chi connectivity index (χ4n) is 3.80. The molecule has 0 amide bonds. The third kappa shape index (κ3) is 2.93. The summed E-state index contributed by atoms with van der Waals surface area (Å²) >= 11 is 3.40. The summed E-state index contributed by atoms with van der Waals surface area (Å²) in [7, 11) is 0. The highest BCUT2D eigenvalue weighted by Gasteiger charge is 2.26. The van der Waals surface area contributed by atoms with Gasteiger partial charge < -0.3 is 4.74 Å². The van der Waals surface area contributed by atoms with Crippen molar-refractivity contribution in [2.75, 3.05) is 12.4 Å². The summed E-state index contributed by atoms with van der Waals surface area (Å²) < 4.78 is 7.66. The summed E-state index contributed by atoms with van der Waals surface area (Å²) in [6.45, 7) is 5.87. The van der Waals surface area contributed by atoms with E-state index in [0.717, 1.165) is 53.4 Å². The molecule has 130 valence electrons. The van der Waals surface area contributed by atoms with Crippen molar-refractivity contribution in [2.24, 2.45) is 5.92 Å². The van der Waals surface area contributed by atoms with Crippen LogP contribution in [0.5, 0.6) is 0 Å². The van der Waals surface area contributed by atoms with Crippen LogP contribution in [0.15, 0.2) is 9.95 Å². The summed E-state index contributed by atoms with van der Waals surface area (Å²) in [5, 5.41) is 1.75. The Balaban J connectivity index is 1.84. The minimum atomic E-state index is 0.151. The van der Waals surface area contributed by atoms with Gasteiger partial charge in [0.25, 0.3) is 5.56 Å². The van der Waals surface area contributed by atoms with Gasteiger partial charge in [-0.15, -0.1) is 11.3 Å². The van der Waals surface area contributed by atoms with E-state index in [0.29, 0.717) is 12.5 Å². The van der Waals surface area contributed by atoms with Crippen LogP contribution in [0.1, 0.15) is 43.6 Å². The Morgan fingerprint density at radius 1 is 1.42 bits per heavy atom. The number of aryl methyl sites for hydroxylation is 1. The van der Waals surface area contributed by atoms with Crippen molar-refractivity contribution in [3.05, 3.63) is 20.8 Å². The monoisotopic (exact) mass is 364 g/mol. The van der Waals surface area contributed by atoms with E-state index in [9.17, 15) is 4.79 Å². The van der Waals surface area contributed by atoms with Gasteiger partial charge in [-0.05, 0) is 49.3 Å². The number of hydrogen-bond acceptors (Lipinski definition) is 5. The molecular weight excluding hydrogens is 340 g/mol. The molecule has 2 aromatic heterocycles. The average Bonchev–Trinajstić information content (AvgIpc) is 3.17. The fraction of sp³-hybridized carbons (Fsp3) is 0.667. The first kappa shape index (κ1) is 16.6. The molecule has 0 spiro atoms. The van der Waals surface area contributed by atoms with Crippen LogP contribution in [0.2, 0.25) is 0 Å². The normalized spacial score (nSPS) is 23.8. The summed E-state index contributed by atoms with van der Waals surface area (Å²) in [6, 6.07) is 0. The van der Waals surface area contributed by atoms with Gasteiger partial charge in [0.1, 0.15) is 4.83 Å². The molecular formula is C18H24N2O2S2. The van der Waals surface area contributed by atoms with E-state index < -0.39 is 0 Å². The van der Waals surface area contributed by atoms with Crippen molar-refractivity contribution in [3.8, 4) is 0 Å². The van der Waals surface area contributed by atoms with Crippen LogP contribution < -0.4 is 5.56 Å². The van der Waals surface area contributed by atoms with Crippen molar-refractivity contribution in [3.63, 3.8) is 0 Å². The predicted molar refractivity (Wildman–Crippen MR) is 100 cm³/mol. The number of ether oxygens (including phenoxy) is 1. The van der Waals surface area contributed by atoms with Crippen LogP contribution in [0.25, 0.3) is 10.2 Å². The molecule has 2 aliphatic rings. The third-order valence-electron chi connectivity index (χ3n) is 5.06. The van der Waals surface area contributed by atoms with Gasteiger partial charge in [-0.2, -0.15) is 0 Å². The molecule has 0 unspecified atom stereocenters. The minimum absolute atomic E-state index is 0.151. The zero-order chi connectivity index (χ0) is 16.7. The number of fused-ring (bicyclic) bond motifs is 3. The summed E-state index contributed by atoms with van der Waals surface area (Å²) in [4.78, 5) is 20.5. The smallest absolute Gasteiger partial charge is 0.263 e. The highest BCUT2D eigenvalue weighted by atomic mass is 32.2. The van der Waals surface area contributed by atoms with Gasteiger partial charge in [-0.3, -0.25) is 9.36 Å². The first-order valence-electron chi connectivity index (χ1n) is 8.96. The number of hydrogen-bond donors (Lipinski definition) is 0. The summed E-state index contributed by atoms with van der Waals surface area (Å²) in [5.41, 5.74) is 1.43. The molecule has 2 aromatic rings. The quantitative estimate of drug-likeness (QED) is 0.610. The van der Waals surface area contributed by atoms with E-state index in [1.165, 1.54) is 16.9 Å². The number of nitrogens with zero attached hydrogens (tertiary/aromatic N) is 2. The van der Waals surface area contributed by atoms with Crippen molar-refractivity contribution in [1.82, 2.24) is 9.55 Å². The SMILES string of the molecule is CCSc1nc2sc3c(c2c(=O)n1C[C@@H]1CCCO1)CC[C@H](C)C3. The lowest BCUT2D eigenvalue weighted by Crippen LogP contribution is -2.29. The zero-order valence-electron chi connectivity index (χ0n) is 14.3. The van der Waals surface area contributed by atoms with E-state index >= 15 is 0 Å². The Labute approximate surface area is 150 Å². The van der Waals surface area contributed by atoms with E-state index in [-0.39, 0.29) is 11.7 Å². The molecule has 0 radical (unpaired) electrons. The minimum Gasteiger partial charge on any atom is -0.376 e. The Hall–Kier alpha value is -0.850. The Morgan fingerprint density at radius 3 is 3.04 bits per heavy atom. The van der Waals surface area contributed by atoms with Gasteiger partial charge in [0.2, 0.25) is 0 Å². The van der Waals surface area contributed by atoms with Crippen molar-refractivity contribution in [1.29, 1.82) is 0 Å². The molecule has 24 heavy (non-hydrogen) atoms. The first-order valence-corrected chi connectivity index (χ1v) is 10.8. The van der Waals surface area contributed by atoms with E-state index in [1.807, 2.05) is 4.57 Å². The zero-order valence-corrected chi connectivity index (χ0v) is 16.0. The molecule has 1 aliphatic carbocycles. The molecule has 0 bridgehead atoms. The summed E-state index contributed by atoms with van der Waals surface area (Å²) in [6.07, 6.45) is 5.59. The molecule has 1 aliphatic heterocycles. The number of thiophene rings is 1. The molecule has 4 rings (SSSR count). The molecule has 0 aromatic carbocycles. The van der Waals surface area contributed by atoms with Crippen molar-refractivity contribution >= 4 is 33.3 Å². The molecule has 1 saturated heterocycles. The Bertz CT molecular complexity index is 805. The van der Waals surface area contributed by atoms with E-state index in [1.54, 1.807) is 23.1 Å². The molecule has 4 nitrogen and oxygen atoms in total. The molecule has 2 atom stereocenters. The van der Waals surface area contributed by atoms with Crippen LogP contribution >= 0.6 is 23.1 Å². The number of aromatic nitrogens is 2. The van der Waals surface area contributed by atoms with Crippen LogP contribution in [0.3, 0.4) is 0 Å². The third-order valence-corrected chi connectivity index (χ3v) is 7.07. The van der Waals surface area contributed by atoms with Gasteiger partial charge in [0, 0.05) is 11.5 Å². The fourth-order valence-corrected chi connectivity index (χ4v) is 5.96. The maximum absolute atomic E-state index is 13.3. The lowest BCUT2D eigenvalue weighted by molar-refractivity contribution is 0.0937.